The molecule has 0 spiro atoms. The van der Waals surface area contributed by atoms with Gasteiger partial charge in [0.2, 0.25) is 6.29 Å². The van der Waals surface area contributed by atoms with E-state index in [0.29, 0.717) is 0 Å². The van der Waals surface area contributed by atoms with Crippen LogP contribution in [0.3, 0.4) is 0 Å². The van der Waals surface area contributed by atoms with Gasteiger partial charge in [-0.2, -0.15) is 0 Å². The molecule has 1 aromatic carbocycles. The molecule has 1 aromatic rings. The fourth-order valence-electron chi connectivity index (χ4n) is 5.19. The Hall–Kier alpha value is -2.35. The largest absolute Gasteiger partial charge is 0.472 e. The zero-order chi connectivity index (χ0) is 24.7. The smallest absolute Gasteiger partial charge is 0.331 e. The molecule has 11 heteroatoms. The Balaban J connectivity index is 1.31. The minimum absolute atomic E-state index is 0.390. The number of aliphatic hydroxyl groups is 5. The first kappa shape index (κ1) is 24.3. The minimum atomic E-state index is -1.63. The van der Waals surface area contributed by atoms with Gasteiger partial charge in [-0.1, -0.05) is 30.3 Å². The highest BCUT2D eigenvalue weighted by Gasteiger charge is 2.77. The summed E-state index contributed by atoms with van der Waals surface area (Å²) in [7, 11) is 0. The SMILES string of the molecule is O=C(/C=C\c1ccccc1)O[C@H]1[C@@H]2C=CO[C@@H](O[C@@H]3O[C@H](CO)[C@@H](O)[C@H](O)[C@H]3O)[C@@H]2[C@@]2(CO)O[C@@H]12. The zero-order valence-corrected chi connectivity index (χ0v) is 18.6. The van der Waals surface area contributed by atoms with Crippen molar-refractivity contribution in [1.82, 2.24) is 0 Å². The third-order valence-corrected chi connectivity index (χ3v) is 7.06. The molecule has 11 atom stereocenters. The van der Waals surface area contributed by atoms with Gasteiger partial charge >= 0.3 is 5.97 Å². The monoisotopic (exact) mass is 492 g/mol. The molecule has 4 aliphatic rings. The molecule has 3 fully saturated rings. The maximum absolute atomic E-state index is 12.5. The van der Waals surface area contributed by atoms with Gasteiger partial charge in [-0.3, -0.25) is 0 Å². The van der Waals surface area contributed by atoms with E-state index >= 15 is 0 Å². The Morgan fingerprint density at radius 1 is 1.06 bits per heavy atom. The topological polar surface area (TPSA) is 168 Å². The molecule has 190 valence electrons. The molecule has 0 bridgehead atoms. The van der Waals surface area contributed by atoms with Gasteiger partial charge in [0.1, 0.15) is 42.2 Å². The minimum Gasteiger partial charge on any atom is -0.472 e. The van der Waals surface area contributed by atoms with Crippen molar-refractivity contribution in [2.24, 2.45) is 11.8 Å². The van der Waals surface area contributed by atoms with Gasteiger partial charge in [-0.15, -0.1) is 0 Å². The lowest BCUT2D eigenvalue weighted by atomic mass is 9.85. The second kappa shape index (κ2) is 9.60. The second-order valence-electron chi connectivity index (χ2n) is 9.07. The first-order valence-electron chi connectivity index (χ1n) is 11.4. The summed E-state index contributed by atoms with van der Waals surface area (Å²) in [6.07, 6.45) is -3.78. The molecule has 5 rings (SSSR count). The number of carbonyl (C=O) groups is 1. The quantitative estimate of drug-likeness (QED) is 0.174. The number of fused-ring (bicyclic) bond motifs is 3. The average molecular weight is 492 g/mol. The normalized spacial score (nSPS) is 43.9. The molecule has 5 N–H and O–H groups in total. The van der Waals surface area contributed by atoms with Crippen molar-refractivity contribution in [3.8, 4) is 0 Å². The molecule has 0 radical (unpaired) electrons. The number of hydrogen-bond donors (Lipinski definition) is 5. The van der Waals surface area contributed by atoms with Crippen molar-refractivity contribution in [3.63, 3.8) is 0 Å². The Morgan fingerprint density at radius 3 is 2.54 bits per heavy atom. The number of hydrogen-bond acceptors (Lipinski definition) is 11. The van der Waals surface area contributed by atoms with Crippen LogP contribution in [-0.2, 0) is 28.5 Å². The molecule has 1 aliphatic carbocycles. The number of aliphatic hydroxyl groups excluding tert-OH is 5. The molecule has 1 saturated carbocycles. The Morgan fingerprint density at radius 2 is 1.83 bits per heavy atom. The van der Waals surface area contributed by atoms with Crippen LogP contribution in [0.25, 0.3) is 6.08 Å². The van der Waals surface area contributed by atoms with Crippen LogP contribution < -0.4 is 0 Å². The molecular weight excluding hydrogens is 464 g/mol. The Kier molecular flexibility index (Phi) is 6.68. The van der Waals surface area contributed by atoms with Crippen molar-refractivity contribution in [1.29, 1.82) is 0 Å². The lowest BCUT2D eigenvalue weighted by Crippen LogP contribution is -2.60. The van der Waals surface area contributed by atoms with Crippen LogP contribution in [0.4, 0.5) is 0 Å². The summed E-state index contributed by atoms with van der Waals surface area (Å²) in [4.78, 5) is 12.5. The summed E-state index contributed by atoms with van der Waals surface area (Å²) >= 11 is 0. The van der Waals surface area contributed by atoms with E-state index in [2.05, 4.69) is 0 Å². The number of epoxide rings is 1. The van der Waals surface area contributed by atoms with E-state index in [1.54, 1.807) is 12.2 Å². The highest BCUT2D eigenvalue weighted by Crippen LogP contribution is 2.60. The van der Waals surface area contributed by atoms with E-state index in [1.165, 1.54) is 12.3 Å². The van der Waals surface area contributed by atoms with E-state index in [4.69, 9.17) is 23.7 Å². The third kappa shape index (κ3) is 4.28. The molecule has 0 unspecified atom stereocenters. The molecule has 0 amide bonds. The van der Waals surface area contributed by atoms with E-state index in [1.807, 2.05) is 30.3 Å². The summed E-state index contributed by atoms with van der Waals surface area (Å²) in [5.41, 5.74) is -0.262. The van der Waals surface area contributed by atoms with E-state index in [0.717, 1.165) is 5.56 Å². The first-order chi connectivity index (χ1) is 16.9. The lowest BCUT2D eigenvalue weighted by molar-refractivity contribution is -0.344. The number of rotatable bonds is 7. The summed E-state index contributed by atoms with van der Waals surface area (Å²) < 4.78 is 28.3. The molecule has 3 heterocycles. The van der Waals surface area contributed by atoms with Gasteiger partial charge in [0.15, 0.2) is 6.29 Å². The number of carbonyl (C=O) groups excluding carboxylic acids is 1. The van der Waals surface area contributed by atoms with Gasteiger partial charge in [0, 0.05) is 12.0 Å². The van der Waals surface area contributed by atoms with E-state index < -0.39 is 85.8 Å². The van der Waals surface area contributed by atoms with Crippen LogP contribution in [0.2, 0.25) is 0 Å². The van der Waals surface area contributed by atoms with Gasteiger partial charge in [-0.25, -0.2) is 4.79 Å². The van der Waals surface area contributed by atoms with Gasteiger partial charge < -0.3 is 49.2 Å². The lowest BCUT2D eigenvalue weighted by Gasteiger charge is -2.43. The highest BCUT2D eigenvalue weighted by molar-refractivity contribution is 5.87. The highest BCUT2D eigenvalue weighted by atomic mass is 16.8. The van der Waals surface area contributed by atoms with Gasteiger partial charge in [0.25, 0.3) is 0 Å². The van der Waals surface area contributed by atoms with Crippen LogP contribution in [0.15, 0.2) is 48.7 Å². The fraction of sp³-hybridized carbons (Fsp3) is 0.542. The van der Waals surface area contributed by atoms with Crippen molar-refractivity contribution in [2.75, 3.05) is 13.2 Å². The molecule has 0 aromatic heterocycles. The summed E-state index contributed by atoms with van der Waals surface area (Å²) in [5.74, 6) is -1.64. The molecule has 3 aliphatic heterocycles. The van der Waals surface area contributed by atoms with Crippen molar-refractivity contribution in [2.45, 2.75) is 54.8 Å². The molecule has 35 heavy (non-hydrogen) atoms. The van der Waals surface area contributed by atoms with Gasteiger partial charge in [0.05, 0.1) is 25.4 Å². The van der Waals surface area contributed by atoms with Crippen molar-refractivity contribution in [3.05, 3.63) is 54.3 Å². The summed E-state index contributed by atoms with van der Waals surface area (Å²) in [5, 5.41) is 50.0. The summed E-state index contributed by atoms with van der Waals surface area (Å²) in [6, 6.07) is 9.26. The second-order valence-corrected chi connectivity index (χ2v) is 9.07. The van der Waals surface area contributed by atoms with E-state index in [-0.39, 0.29) is 0 Å². The number of benzene rings is 1. The van der Waals surface area contributed by atoms with Crippen LogP contribution in [0.1, 0.15) is 5.56 Å². The Bertz CT molecular complexity index is 965. The molecule has 11 nitrogen and oxygen atoms in total. The van der Waals surface area contributed by atoms with Crippen LogP contribution in [0, 0.1) is 11.8 Å². The molecular formula is C24H28O11. The number of ether oxygens (including phenoxy) is 5. The van der Waals surface area contributed by atoms with Crippen LogP contribution >= 0.6 is 0 Å². The van der Waals surface area contributed by atoms with Gasteiger partial charge in [-0.05, 0) is 17.7 Å². The first-order valence-corrected chi connectivity index (χ1v) is 11.4. The number of esters is 1. The van der Waals surface area contributed by atoms with Crippen LogP contribution in [0.5, 0.6) is 0 Å². The van der Waals surface area contributed by atoms with Crippen molar-refractivity contribution < 1.29 is 54.0 Å². The molecule has 2 saturated heterocycles. The van der Waals surface area contributed by atoms with E-state index in [9.17, 15) is 30.3 Å². The predicted octanol–water partition coefficient (Wildman–Crippen LogP) is -1.33. The third-order valence-electron chi connectivity index (χ3n) is 7.06. The maximum Gasteiger partial charge on any atom is 0.331 e. The summed E-state index contributed by atoms with van der Waals surface area (Å²) in [6.45, 7) is -0.999. The zero-order valence-electron chi connectivity index (χ0n) is 18.6. The van der Waals surface area contributed by atoms with Crippen molar-refractivity contribution >= 4 is 12.0 Å². The Labute approximate surface area is 200 Å². The standard InChI is InChI=1S/C24H28O11/c25-10-14-17(28)18(29)19(30)23(32-14)34-22-16-13(8-9-31-22)20(21-24(16,11-26)35-21)33-15(27)7-6-12-4-2-1-3-5-12/h1-9,13-14,16-23,25-26,28-30H,10-11H2/b7-6-/t13-,14-,16-,17-,18+,19-,20+,21+,22+,23+,24-/m1/s1. The fourth-order valence-corrected chi connectivity index (χ4v) is 5.19. The predicted molar refractivity (Wildman–Crippen MR) is 116 cm³/mol. The van der Waals surface area contributed by atoms with Crippen LogP contribution in [-0.4, -0.2) is 99.5 Å². The average Bonchev–Trinajstić information content (AvgIpc) is 3.56. The maximum atomic E-state index is 12.5.